The molecule has 9 heteroatoms. The Morgan fingerprint density at radius 2 is 2.12 bits per heavy atom. The van der Waals surface area contributed by atoms with Gasteiger partial charge < -0.3 is 15.2 Å². The zero-order valence-corrected chi connectivity index (χ0v) is 13.3. The third kappa shape index (κ3) is 3.28. The molecular formula is C15H15ClN2O6. The third-order valence-corrected chi connectivity index (χ3v) is 4.45. The summed E-state index contributed by atoms with van der Waals surface area (Å²) in [5.41, 5.74) is 0.233. The summed E-state index contributed by atoms with van der Waals surface area (Å²) in [6.45, 7) is -0.0433. The second-order valence-electron chi connectivity index (χ2n) is 6.04. The van der Waals surface area contributed by atoms with E-state index < -0.39 is 28.8 Å². The molecule has 2 aliphatic rings. The van der Waals surface area contributed by atoms with E-state index in [1.807, 2.05) is 0 Å². The highest BCUT2D eigenvalue weighted by molar-refractivity contribution is 6.31. The van der Waals surface area contributed by atoms with Gasteiger partial charge in [-0.3, -0.25) is 14.9 Å². The van der Waals surface area contributed by atoms with Crippen LogP contribution in [0.1, 0.15) is 18.4 Å². The number of carboxylic acids is 1. The van der Waals surface area contributed by atoms with Crippen molar-refractivity contribution in [1.29, 1.82) is 0 Å². The van der Waals surface area contributed by atoms with Crippen molar-refractivity contribution < 1.29 is 24.4 Å². The van der Waals surface area contributed by atoms with Gasteiger partial charge in [0.05, 0.1) is 10.8 Å². The molecule has 1 heterocycles. The number of carboxylic acid groups (broad SMARTS) is 1. The van der Waals surface area contributed by atoms with E-state index >= 15 is 0 Å². The van der Waals surface area contributed by atoms with E-state index in [0.29, 0.717) is 5.56 Å². The van der Waals surface area contributed by atoms with Gasteiger partial charge in [0.15, 0.2) is 0 Å². The quantitative estimate of drug-likeness (QED) is 0.614. The van der Waals surface area contributed by atoms with Crippen LogP contribution in [0.3, 0.4) is 0 Å². The molecule has 1 fully saturated rings. The minimum atomic E-state index is -1.05. The van der Waals surface area contributed by atoms with Gasteiger partial charge in [-0.25, -0.2) is 4.79 Å². The molecule has 1 saturated carbocycles. The molecule has 128 valence electrons. The minimum absolute atomic E-state index is 0.0289. The summed E-state index contributed by atoms with van der Waals surface area (Å²) in [6.07, 6.45) is 1.77. The number of fused-ring (bicyclic) bond motifs is 1. The average molecular weight is 355 g/mol. The van der Waals surface area contributed by atoms with E-state index in [1.54, 1.807) is 0 Å². The van der Waals surface area contributed by atoms with Crippen LogP contribution in [-0.4, -0.2) is 34.6 Å². The number of nitrogens with zero attached hydrogens (tertiary/aromatic N) is 1. The molecule has 8 nitrogen and oxygen atoms in total. The number of rotatable bonds is 5. The summed E-state index contributed by atoms with van der Waals surface area (Å²) < 4.78 is 5.41. The first-order valence-electron chi connectivity index (χ1n) is 7.49. The zero-order valence-electron chi connectivity index (χ0n) is 12.5. The maximum Gasteiger partial charge on any atom is 0.326 e. The lowest BCUT2D eigenvalue weighted by atomic mass is 9.95. The second-order valence-corrected chi connectivity index (χ2v) is 6.48. The molecule has 2 unspecified atom stereocenters. The number of ether oxygens (including phenoxy) is 1. The molecule has 0 radical (unpaired) electrons. The Labute approximate surface area is 141 Å². The van der Waals surface area contributed by atoms with E-state index in [-0.39, 0.29) is 35.4 Å². The Morgan fingerprint density at radius 1 is 1.42 bits per heavy atom. The topological polar surface area (TPSA) is 119 Å². The third-order valence-electron chi connectivity index (χ3n) is 4.23. The minimum Gasteiger partial charge on any atom is -0.486 e. The molecule has 0 spiro atoms. The summed E-state index contributed by atoms with van der Waals surface area (Å²) in [5, 5.41) is 23.0. The number of hydrogen-bond acceptors (Lipinski definition) is 5. The Balaban J connectivity index is 1.76. The van der Waals surface area contributed by atoms with Crippen LogP contribution >= 0.6 is 11.6 Å². The molecular weight excluding hydrogens is 340 g/mol. The van der Waals surface area contributed by atoms with E-state index in [9.17, 15) is 24.8 Å². The van der Waals surface area contributed by atoms with Crippen molar-refractivity contribution in [2.24, 2.45) is 11.8 Å². The largest absolute Gasteiger partial charge is 0.486 e. The highest BCUT2D eigenvalue weighted by Gasteiger charge is 2.39. The highest BCUT2D eigenvalue weighted by atomic mass is 35.5. The Bertz CT molecular complexity index is 718. The van der Waals surface area contributed by atoms with E-state index in [1.165, 1.54) is 12.1 Å². The van der Waals surface area contributed by atoms with Crippen LogP contribution < -0.4 is 10.1 Å². The first-order valence-corrected chi connectivity index (χ1v) is 7.87. The van der Waals surface area contributed by atoms with Crippen LogP contribution in [0.4, 0.5) is 5.69 Å². The number of nitro benzene ring substituents is 1. The summed E-state index contributed by atoms with van der Waals surface area (Å²) in [4.78, 5) is 34.0. The standard InChI is InChI=1S/C15H15ClN2O6/c16-10-4-8-3-9(6-24-13(8)11(5-10)18(22)23)14(19)17-12(15(20)21)7-1-2-7/h4-5,7,9,12H,1-3,6H2,(H,17,19)(H,20,21). The van der Waals surface area contributed by atoms with Crippen LogP contribution in [0.2, 0.25) is 5.02 Å². The number of carbonyl (C=O) groups is 2. The number of hydrogen-bond donors (Lipinski definition) is 2. The van der Waals surface area contributed by atoms with Crippen LogP contribution in [0.25, 0.3) is 0 Å². The maximum absolute atomic E-state index is 12.3. The fraction of sp³-hybridized carbons (Fsp3) is 0.467. The van der Waals surface area contributed by atoms with Crippen molar-refractivity contribution in [3.05, 3.63) is 32.8 Å². The summed E-state index contributed by atoms with van der Waals surface area (Å²) in [5.74, 6) is -2.01. The van der Waals surface area contributed by atoms with Gasteiger partial charge in [-0.15, -0.1) is 0 Å². The van der Waals surface area contributed by atoms with Gasteiger partial charge in [0.25, 0.3) is 0 Å². The molecule has 1 aromatic carbocycles. The average Bonchev–Trinajstić information content (AvgIpc) is 3.35. The normalized spacial score (nSPS) is 20.5. The van der Waals surface area contributed by atoms with Gasteiger partial charge >= 0.3 is 11.7 Å². The van der Waals surface area contributed by atoms with E-state index in [0.717, 1.165) is 12.8 Å². The van der Waals surface area contributed by atoms with Gasteiger partial charge in [-0.1, -0.05) is 11.6 Å². The molecule has 1 aromatic rings. The van der Waals surface area contributed by atoms with Crippen molar-refractivity contribution in [1.82, 2.24) is 5.32 Å². The van der Waals surface area contributed by atoms with Crippen molar-refractivity contribution in [2.75, 3.05) is 6.61 Å². The molecule has 2 N–H and O–H groups in total. The Hall–Kier alpha value is -2.35. The van der Waals surface area contributed by atoms with Crippen molar-refractivity contribution in [3.8, 4) is 5.75 Å². The van der Waals surface area contributed by atoms with Crippen LogP contribution in [0, 0.1) is 22.0 Å². The van der Waals surface area contributed by atoms with Gasteiger partial charge in [-0.2, -0.15) is 0 Å². The number of benzene rings is 1. The molecule has 1 amide bonds. The summed E-state index contributed by atoms with van der Waals surface area (Å²) in [6, 6.07) is 1.83. The lowest BCUT2D eigenvalue weighted by molar-refractivity contribution is -0.386. The predicted octanol–water partition coefficient (Wildman–Crippen LogP) is 1.78. The number of nitro groups is 1. The molecule has 1 aliphatic heterocycles. The number of aliphatic carboxylic acids is 1. The number of carbonyl (C=O) groups excluding carboxylic acids is 1. The summed E-state index contributed by atoms with van der Waals surface area (Å²) in [7, 11) is 0. The number of nitrogens with one attached hydrogen (secondary N) is 1. The lowest BCUT2D eigenvalue weighted by Crippen LogP contribution is -2.47. The molecule has 0 bridgehead atoms. The van der Waals surface area contributed by atoms with E-state index in [2.05, 4.69) is 5.32 Å². The fourth-order valence-electron chi connectivity index (χ4n) is 2.85. The Kier molecular flexibility index (Phi) is 4.31. The first kappa shape index (κ1) is 16.5. The first-order chi connectivity index (χ1) is 11.4. The van der Waals surface area contributed by atoms with Crippen molar-refractivity contribution >= 4 is 29.2 Å². The van der Waals surface area contributed by atoms with Crippen LogP contribution in [0.15, 0.2) is 12.1 Å². The van der Waals surface area contributed by atoms with Gasteiger partial charge in [0.1, 0.15) is 12.6 Å². The smallest absolute Gasteiger partial charge is 0.326 e. The molecule has 0 aromatic heterocycles. The Morgan fingerprint density at radius 3 is 2.71 bits per heavy atom. The lowest BCUT2D eigenvalue weighted by Gasteiger charge is -2.25. The molecule has 24 heavy (non-hydrogen) atoms. The van der Waals surface area contributed by atoms with Crippen molar-refractivity contribution in [2.45, 2.75) is 25.3 Å². The predicted molar refractivity (Wildman–Crippen MR) is 83.1 cm³/mol. The monoisotopic (exact) mass is 354 g/mol. The molecule has 2 atom stereocenters. The SMILES string of the molecule is O=C(NC(C(=O)O)C1CC1)C1COc2c(cc(Cl)cc2[N+](=O)[O-])C1. The van der Waals surface area contributed by atoms with Gasteiger partial charge in [0, 0.05) is 16.7 Å². The maximum atomic E-state index is 12.3. The second kappa shape index (κ2) is 6.27. The van der Waals surface area contributed by atoms with Crippen LogP contribution in [-0.2, 0) is 16.0 Å². The molecule has 0 saturated heterocycles. The molecule has 1 aliphatic carbocycles. The van der Waals surface area contributed by atoms with Gasteiger partial charge in [-0.05, 0) is 31.2 Å². The van der Waals surface area contributed by atoms with Gasteiger partial charge in [0.2, 0.25) is 11.7 Å². The highest BCUT2D eigenvalue weighted by Crippen LogP contribution is 2.39. The number of amides is 1. The molecule has 3 rings (SSSR count). The van der Waals surface area contributed by atoms with Crippen LogP contribution in [0.5, 0.6) is 5.75 Å². The van der Waals surface area contributed by atoms with E-state index in [4.69, 9.17) is 16.3 Å². The summed E-state index contributed by atoms with van der Waals surface area (Å²) >= 11 is 5.89. The van der Waals surface area contributed by atoms with Crippen molar-refractivity contribution in [3.63, 3.8) is 0 Å². The number of halogens is 1. The zero-order chi connectivity index (χ0) is 17.4. The fourth-order valence-corrected chi connectivity index (χ4v) is 3.08.